The Bertz CT molecular complexity index is 364. The summed E-state index contributed by atoms with van der Waals surface area (Å²) in [6.45, 7) is 7.15. The molecule has 1 unspecified atom stereocenters. The summed E-state index contributed by atoms with van der Waals surface area (Å²) in [7, 11) is 0. The summed E-state index contributed by atoms with van der Waals surface area (Å²) in [4.78, 5) is 12.0. The van der Waals surface area contributed by atoms with Crippen LogP contribution in [-0.4, -0.2) is 34.7 Å². The normalized spacial score (nSPS) is 14.7. The Labute approximate surface area is 138 Å². The highest BCUT2D eigenvalue weighted by Gasteiger charge is 2.56. The largest absolute Gasteiger partial charge is 0.459 e. The van der Waals surface area contributed by atoms with Gasteiger partial charge in [0.25, 0.3) is 0 Å². The lowest BCUT2D eigenvalue weighted by Crippen LogP contribution is -2.36. The maximum absolute atomic E-state index is 12.7. The van der Waals surface area contributed by atoms with Gasteiger partial charge in [-0.25, -0.2) is 0 Å². The maximum Gasteiger partial charge on any atom is 0.453 e. The first-order valence-corrected chi connectivity index (χ1v) is 8.64. The lowest BCUT2D eigenvalue weighted by Gasteiger charge is -2.23. The van der Waals surface area contributed by atoms with Crippen molar-refractivity contribution < 1.29 is 31.5 Å². The average molecular weight is 364 g/mol. The van der Waals surface area contributed by atoms with Crippen LogP contribution in [0.15, 0.2) is 0 Å². The fourth-order valence-corrected chi connectivity index (χ4v) is 2.96. The van der Waals surface area contributed by atoms with Gasteiger partial charge in [-0.15, -0.1) is 11.8 Å². The molecular weight excluding hydrogens is 339 g/mol. The van der Waals surface area contributed by atoms with Crippen molar-refractivity contribution in [2.75, 3.05) is 5.75 Å². The van der Waals surface area contributed by atoms with Gasteiger partial charge in [-0.2, -0.15) is 22.0 Å². The molecule has 23 heavy (non-hydrogen) atoms. The quantitative estimate of drug-likeness (QED) is 0.303. The lowest BCUT2D eigenvalue weighted by atomic mass is 10.1. The second-order valence-corrected chi connectivity index (χ2v) is 7.65. The van der Waals surface area contributed by atoms with Crippen LogP contribution in [0.5, 0.6) is 0 Å². The van der Waals surface area contributed by atoms with Gasteiger partial charge in [0.05, 0.1) is 0 Å². The molecule has 0 amide bonds. The molecule has 0 rings (SSSR count). The van der Waals surface area contributed by atoms with Gasteiger partial charge in [-0.05, 0) is 45.8 Å². The number of esters is 1. The zero-order valence-electron chi connectivity index (χ0n) is 13.9. The van der Waals surface area contributed by atoms with Crippen molar-refractivity contribution >= 4 is 17.7 Å². The van der Waals surface area contributed by atoms with Crippen molar-refractivity contribution in [1.82, 2.24) is 0 Å². The second kappa shape index (κ2) is 9.08. The molecule has 1 atom stereocenters. The molecule has 0 saturated heterocycles. The van der Waals surface area contributed by atoms with Gasteiger partial charge in [0.15, 0.2) is 0 Å². The van der Waals surface area contributed by atoms with Gasteiger partial charge in [-0.3, -0.25) is 4.79 Å². The standard InChI is InChI=1S/C15H25F5O2S/c1-5-8-11(12(21)22-13(2,3)4)23-10-7-6-9-14(16,17)15(18,19)20/h11H,5-10H2,1-4H3. The van der Waals surface area contributed by atoms with Crippen LogP contribution in [0.1, 0.15) is 59.8 Å². The van der Waals surface area contributed by atoms with E-state index in [2.05, 4.69) is 0 Å². The van der Waals surface area contributed by atoms with Crippen LogP contribution >= 0.6 is 11.8 Å². The molecule has 0 bridgehead atoms. The topological polar surface area (TPSA) is 26.3 Å². The molecule has 0 aliphatic carbocycles. The number of thioether (sulfide) groups is 1. The Morgan fingerprint density at radius 1 is 1.09 bits per heavy atom. The van der Waals surface area contributed by atoms with Crippen LogP contribution in [0, 0.1) is 0 Å². The van der Waals surface area contributed by atoms with Crippen LogP contribution in [0.3, 0.4) is 0 Å². The highest BCUT2D eigenvalue weighted by atomic mass is 32.2. The molecule has 0 spiro atoms. The molecular formula is C15H25F5O2S. The predicted molar refractivity (Wildman–Crippen MR) is 81.9 cm³/mol. The monoisotopic (exact) mass is 364 g/mol. The van der Waals surface area contributed by atoms with E-state index < -0.39 is 29.4 Å². The number of alkyl halides is 5. The Morgan fingerprint density at radius 3 is 2.09 bits per heavy atom. The number of carbonyl (C=O) groups is 1. The fraction of sp³-hybridized carbons (Fsp3) is 0.933. The maximum atomic E-state index is 12.7. The van der Waals surface area contributed by atoms with Crippen LogP contribution in [-0.2, 0) is 9.53 Å². The molecule has 0 N–H and O–H groups in total. The number of hydrogen-bond acceptors (Lipinski definition) is 3. The van der Waals surface area contributed by atoms with Crippen molar-refractivity contribution in [1.29, 1.82) is 0 Å². The van der Waals surface area contributed by atoms with E-state index in [0.29, 0.717) is 12.2 Å². The predicted octanol–water partition coefficient (Wildman–Crippen LogP) is 5.60. The Balaban J connectivity index is 4.23. The second-order valence-electron chi connectivity index (χ2n) is 6.34. The molecule has 0 aromatic rings. The first-order chi connectivity index (χ1) is 10.3. The van der Waals surface area contributed by atoms with E-state index in [-0.39, 0.29) is 18.8 Å². The highest BCUT2D eigenvalue weighted by Crippen LogP contribution is 2.39. The number of ether oxygens (including phenoxy) is 1. The third kappa shape index (κ3) is 9.37. The van der Waals surface area contributed by atoms with Gasteiger partial charge in [0.2, 0.25) is 0 Å². The summed E-state index contributed by atoms with van der Waals surface area (Å²) < 4.78 is 66.8. The van der Waals surface area contributed by atoms with E-state index in [1.807, 2.05) is 6.92 Å². The molecule has 2 nitrogen and oxygen atoms in total. The number of unbranched alkanes of at least 4 members (excludes halogenated alkanes) is 1. The van der Waals surface area contributed by atoms with Gasteiger partial charge < -0.3 is 4.74 Å². The fourth-order valence-electron chi connectivity index (χ4n) is 1.72. The Kier molecular flexibility index (Phi) is 8.87. The van der Waals surface area contributed by atoms with E-state index in [1.54, 1.807) is 20.8 Å². The van der Waals surface area contributed by atoms with E-state index in [4.69, 9.17) is 4.74 Å². The average Bonchev–Trinajstić information content (AvgIpc) is 2.33. The number of rotatable bonds is 9. The number of halogens is 5. The molecule has 0 aromatic heterocycles. The van der Waals surface area contributed by atoms with Crippen LogP contribution < -0.4 is 0 Å². The summed E-state index contributed by atoms with van der Waals surface area (Å²) in [5.74, 6) is -4.67. The summed E-state index contributed by atoms with van der Waals surface area (Å²) in [6, 6.07) is 0. The summed E-state index contributed by atoms with van der Waals surface area (Å²) in [5.41, 5.74) is -0.613. The minimum atomic E-state index is -5.50. The van der Waals surface area contributed by atoms with E-state index in [9.17, 15) is 26.7 Å². The molecule has 138 valence electrons. The molecule has 0 aromatic carbocycles. The lowest BCUT2D eigenvalue weighted by molar-refractivity contribution is -0.284. The third-order valence-corrected chi connectivity index (χ3v) is 4.19. The van der Waals surface area contributed by atoms with Gasteiger partial charge in [-0.1, -0.05) is 13.3 Å². The van der Waals surface area contributed by atoms with Crippen LogP contribution in [0.4, 0.5) is 22.0 Å². The molecule has 8 heteroatoms. The highest BCUT2D eigenvalue weighted by molar-refractivity contribution is 8.00. The van der Waals surface area contributed by atoms with Crippen molar-refractivity contribution in [3.05, 3.63) is 0 Å². The molecule has 0 aliphatic rings. The molecule has 0 aliphatic heterocycles. The zero-order valence-corrected chi connectivity index (χ0v) is 14.8. The van der Waals surface area contributed by atoms with Crippen LogP contribution in [0.2, 0.25) is 0 Å². The van der Waals surface area contributed by atoms with Crippen LogP contribution in [0.25, 0.3) is 0 Å². The van der Waals surface area contributed by atoms with Gasteiger partial charge in [0.1, 0.15) is 10.9 Å². The Morgan fingerprint density at radius 2 is 1.65 bits per heavy atom. The summed E-state index contributed by atoms with van der Waals surface area (Å²) in [6.07, 6.45) is -5.43. The molecule has 0 radical (unpaired) electrons. The summed E-state index contributed by atoms with van der Waals surface area (Å²) >= 11 is 1.25. The SMILES string of the molecule is CCCC(SCCCCC(F)(F)C(F)(F)F)C(=O)OC(C)(C)C. The minimum Gasteiger partial charge on any atom is -0.459 e. The smallest absolute Gasteiger partial charge is 0.453 e. The van der Waals surface area contributed by atoms with E-state index in [0.717, 1.165) is 6.42 Å². The first-order valence-electron chi connectivity index (χ1n) is 7.59. The van der Waals surface area contributed by atoms with Crippen molar-refractivity contribution in [2.45, 2.75) is 82.7 Å². The first kappa shape index (κ1) is 22.5. The minimum absolute atomic E-state index is 0.194. The Hall–Kier alpha value is -0.530. The number of hydrogen-bond donors (Lipinski definition) is 0. The molecule has 0 heterocycles. The zero-order chi connectivity index (χ0) is 18.3. The van der Waals surface area contributed by atoms with Crippen molar-refractivity contribution in [2.24, 2.45) is 0 Å². The third-order valence-electron chi connectivity index (χ3n) is 2.84. The molecule has 0 saturated carbocycles. The van der Waals surface area contributed by atoms with E-state index in [1.165, 1.54) is 11.8 Å². The van der Waals surface area contributed by atoms with E-state index >= 15 is 0 Å². The van der Waals surface area contributed by atoms with Crippen molar-refractivity contribution in [3.8, 4) is 0 Å². The van der Waals surface area contributed by atoms with Gasteiger partial charge >= 0.3 is 18.1 Å². The number of carbonyl (C=O) groups excluding carboxylic acids is 1. The van der Waals surface area contributed by atoms with Crippen molar-refractivity contribution in [3.63, 3.8) is 0 Å². The van der Waals surface area contributed by atoms with Gasteiger partial charge in [0, 0.05) is 6.42 Å². The summed E-state index contributed by atoms with van der Waals surface area (Å²) in [5, 5.41) is -0.414. The molecule has 0 fully saturated rings.